The van der Waals surface area contributed by atoms with E-state index in [4.69, 9.17) is 0 Å². The quantitative estimate of drug-likeness (QED) is 0.826. The highest BCUT2D eigenvalue weighted by atomic mass is 15.3. The molecule has 90 valence electrons. The molecule has 0 aliphatic carbocycles. The number of allylic oxidation sites excluding steroid dienone is 1. The minimum Gasteiger partial charge on any atom is -0.228 e. The largest absolute Gasteiger partial charge is 0.228 e. The van der Waals surface area contributed by atoms with Crippen LogP contribution in [-0.4, -0.2) is 14.8 Å². The summed E-state index contributed by atoms with van der Waals surface area (Å²) in [4.78, 5) is 3.88. The summed E-state index contributed by atoms with van der Waals surface area (Å²) in [6, 6.07) is 12.1. The van der Waals surface area contributed by atoms with Gasteiger partial charge in [-0.1, -0.05) is 30.3 Å². The highest BCUT2D eigenvalue weighted by molar-refractivity contribution is 5.47. The molecule has 0 spiro atoms. The van der Waals surface area contributed by atoms with Gasteiger partial charge >= 0.3 is 0 Å². The van der Waals surface area contributed by atoms with Gasteiger partial charge in [-0.3, -0.25) is 0 Å². The molecule has 1 heterocycles. The molecule has 4 nitrogen and oxygen atoms in total. The first-order chi connectivity index (χ1) is 8.66. The van der Waals surface area contributed by atoms with Crippen molar-refractivity contribution in [2.75, 3.05) is 0 Å². The fourth-order valence-electron chi connectivity index (χ4n) is 1.76. The maximum atomic E-state index is 9.50. The second kappa shape index (κ2) is 4.84. The molecule has 0 amide bonds. The number of nitrogens with zero attached hydrogens (tertiary/aromatic N) is 4. The molecule has 0 radical (unpaired) electrons. The van der Waals surface area contributed by atoms with Crippen molar-refractivity contribution in [1.82, 2.24) is 14.8 Å². The Labute approximate surface area is 106 Å². The lowest BCUT2D eigenvalue weighted by Gasteiger charge is -2.23. The van der Waals surface area contributed by atoms with Crippen LogP contribution in [0.5, 0.6) is 0 Å². The van der Waals surface area contributed by atoms with Crippen molar-refractivity contribution in [1.29, 1.82) is 5.26 Å². The zero-order valence-electron chi connectivity index (χ0n) is 10.4. The van der Waals surface area contributed by atoms with Gasteiger partial charge in [0.1, 0.15) is 18.1 Å². The molecule has 0 saturated heterocycles. The maximum Gasteiger partial charge on any atom is 0.138 e. The lowest BCUT2D eigenvalue weighted by Crippen LogP contribution is -2.21. The van der Waals surface area contributed by atoms with E-state index in [1.807, 2.05) is 50.4 Å². The fraction of sp³-hybridized carbons (Fsp3) is 0.214. The maximum absolute atomic E-state index is 9.50. The van der Waals surface area contributed by atoms with Crippen LogP contribution in [0.15, 0.2) is 48.6 Å². The number of rotatable bonds is 3. The van der Waals surface area contributed by atoms with Crippen LogP contribution in [0.2, 0.25) is 0 Å². The van der Waals surface area contributed by atoms with Crippen LogP contribution in [0.4, 0.5) is 0 Å². The highest BCUT2D eigenvalue weighted by Gasteiger charge is 2.28. The van der Waals surface area contributed by atoms with Gasteiger partial charge in [0, 0.05) is 6.20 Å². The van der Waals surface area contributed by atoms with Crippen LogP contribution in [0.3, 0.4) is 0 Å². The van der Waals surface area contributed by atoms with Crippen molar-refractivity contribution >= 4 is 6.20 Å². The van der Waals surface area contributed by atoms with E-state index in [1.54, 1.807) is 11.0 Å². The Bertz CT molecular complexity index is 578. The first kappa shape index (κ1) is 12.1. The van der Waals surface area contributed by atoms with Gasteiger partial charge in [0.15, 0.2) is 0 Å². The Hall–Kier alpha value is -2.41. The molecular formula is C14H14N4. The lowest BCUT2D eigenvalue weighted by molar-refractivity contribution is 0.716. The molecule has 0 bridgehead atoms. The number of hydrogen-bond acceptors (Lipinski definition) is 3. The smallest absolute Gasteiger partial charge is 0.138 e. The van der Waals surface area contributed by atoms with Crippen molar-refractivity contribution in [3.63, 3.8) is 0 Å². The van der Waals surface area contributed by atoms with E-state index >= 15 is 0 Å². The Balaban J connectivity index is 2.43. The van der Waals surface area contributed by atoms with Crippen LogP contribution < -0.4 is 0 Å². The second-order valence-corrected chi connectivity index (χ2v) is 4.29. The Morgan fingerprint density at radius 1 is 1.39 bits per heavy atom. The number of hydrogen-bond donors (Lipinski definition) is 0. The van der Waals surface area contributed by atoms with Crippen LogP contribution in [0.1, 0.15) is 19.4 Å². The summed E-state index contributed by atoms with van der Waals surface area (Å²) in [5.41, 5.74) is 1.23. The molecule has 0 fully saturated rings. The Morgan fingerprint density at radius 3 is 2.67 bits per heavy atom. The molecule has 0 saturated carbocycles. The van der Waals surface area contributed by atoms with E-state index in [0.29, 0.717) is 0 Å². The molecule has 2 aromatic rings. The van der Waals surface area contributed by atoms with Gasteiger partial charge < -0.3 is 0 Å². The van der Waals surface area contributed by atoms with Crippen LogP contribution in [-0.2, 0) is 5.41 Å². The third-order valence-electron chi connectivity index (χ3n) is 3.13. The first-order valence-corrected chi connectivity index (χ1v) is 5.66. The summed E-state index contributed by atoms with van der Waals surface area (Å²) in [6.07, 6.45) is 4.89. The minimum atomic E-state index is -0.660. The molecule has 4 heteroatoms. The van der Waals surface area contributed by atoms with Crippen LogP contribution in [0, 0.1) is 11.3 Å². The molecule has 18 heavy (non-hydrogen) atoms. The summed E-state index contributed by atoms with van der Waals surface area (Å²) in [7, 11) is 0. The van der Waals surface area contributed by atoms with E-state index in [9.17, 15) is 5.26 Å². The third kappa shape index (κ3) is 2.16. The summed E-state index contributed by atoms with van der Waals surface area (Å²) in [5, 5.41) is 13.5. The average molecular weight is 238 g/mol. The SMILES string of the molecule is C/C(=C\n1cncn1)C(C)(C#N)c1ccccc1. The molecule has 2 rings (SSSR count). The molecule has 1 aromatic carbocycles. The van der Waals surface area contributed by atoms with E-state index in [-0.39, 0.29) is 0 Å². The standard InChI is InChI=1S/C14H14N4/c1-12(8-18-11-16-10-17-18)14(2,9-15)13-6-4-3-5-7-13/h3-8,10-11H,1-2H3/b12-8+. The van der Waals surface area contributed by atoms with Crippen molar-refractivity contribution in [3.8, 4) is 6.07 Å². The number of benzene rings is 1. The molecule has 0 N–H and O–H groups in total. The Morgan fingerprint density at radius 2 is 2.11 bits per heavy atom. The van der Waals surface area contributed by atoms with E-state index in [1.165, 1.54) is 6.33 Å². The van der Waals surface area contributed by atoms with Crippen LogP contribution >= 0.6 is 0 Å². The van der Waals surface area contributed by atoms with Gasteiger partial charge in [-0.2, -0.15) is 10.4 Å². The Kier molecular flexibility index (Phi) is 3.24. The zero-order chi connectivity index (χ0) is 13.0. The van der Waals surface area contributed by atoms with Crippen molar-refractivity contribution in [3.05, 3.63) is 54.1 Å². The van der Waals surface area contributed by atoms with Gasteiger partial charge in [0.25, 0.3) is 0 Å². The number of nitriles is 1. The normalized spacial score (nSPS) is 14.8. The summed E-state index contributed by atoms with van der Waals surface area (Å²) in [6.45, 7) is 3.84. The van der Waals surface area contributed by atoms with Gasteiger partial charge in [-0.05, 0) is 25.0 Å². The predicted octanol–water partition coefficient (Wildman–Crippen LogP) is 2.62. The second-order valence-electron chi connectivity index (χ2n) is 4.29. The summed E-state index contributed by atoms with van der Waals surface area (Å²) >= 11 is 0. The first-order valence-electron chi connectivity index (χ1n) is 5.66. The van der Waals surface area contributed by atoms with Gasteiger partial charge in [0.05, 0.1) is 6.07 Å². The van der Waals surface area contributed by atoms with Gasteiger partial charge in [-0.15, -0.1) is 0 Å². The zero-order valence-corrected chi connectivity index (χ0v) is 10.4. The number of aromatic nitrogens is 3. The van der Waals surface area contributed by atoms with Gasteiger partial charge in [-0.25, -0.2) is 9.67 Å². The highest BCUT2D eigenvalue weighted by Crippen LogP contribution is 2.31. The third-order valence-corrected chi connectivity index (χ3v) is 3.13. The minimum absolute atomic E-state index is 0.660. The topological polar surface area (TPSA) is 54.5 Å². The summed E-state index contributed by atoms with van der Waals surface area (Å²) in [5.74, 6) is 0. The van der Waals surface area contributed by atoms with Crippen molar-refractivity contribution in [2.24, 2.45) is 0 Å². The monoisotopic (exact) mass is 238 g/mol. The van der Waals surface area contributed by atoms with E-state index in [0.717, 1.165) is 11.1 Å². The molecule has 1 atom stereocenters. The van der Waals surface area contributed by atoms with Gasteiger partial charge in [0.2, 0.25) is 0 Å². The van der Waals surface area contributed by atoms with E-state index in [2.05, 4.69) is 16.2 Å². The average Bonchev–Trinajstić information content (AvgIpc) is 2.91. The fourth-order valence-corrected chi connectivity index (χ4v) is 1.76. The molecule has 0 aliphatic heterocycles. The predicted molar refractivity (Wildman–Crippen MR) is 69.4 cm³/mol. The molecule has 0 aliphatic rings. The molecule has 1 unspecified atom stereocenters. The van der Waals surface area contributed by atoms with E-state index < -0.39 is 5.41 Å². The molecular weight excluding hydrogens is 224 g/mol. The van der Waals surface area contributed by atoms with Crippen molar-refractivity contribution < 1.29 is 0 Å². The van der Waals surface area contributed by atoms with Crippen LogP contribution in [0.25, 0.3) is 6.20 Å². The summed E-state index contributed by atoms with van der Waals surface area (Å²) < 4.78 is 1.61. The van der Waals surface area contributed by atoms with Crippen molar-refractivity contribution in [2.45, 2.75) is 19.3 Å². The molecule has 1 aromatic heterocycles. The lowest BCUT2D eigenvalue weighted by atomic mass is 9.78.